The number of rotatable bonds is 7. The lowest BCUT2D eigenvalue weighted by Crippen LogP contribution is -2.46. The Morgan fingerprint density at radius 2 is 1.70 bits per heavy atom. The fraction of sp³-hybridized carbons (Fsp3) is 0.500. The quantitative estimate of drug-likeness (QED) is 0.409. The SMILES string of the molecule is CC(C)Nc1nc(NC2CCC(NC(=O)C3CCCN(C)C3)CC2)c2ccc(-c3ccccc3)cc2n1. The van der Waals surface area contributed by atoms with Gasteiger partial charge in [-0.2, -0.15) is 4.98 Å². The van der Waals surface area contributed by atoms with Crippen LogP contribution < -0.4 is 16.0 Å². The molecule has 1 unspecified atom stereocenters. The number of hydrogen-bond acceptors (Lipinski definition) is 6. The van der Waals surface area contributed by atoms with Gasteiger partial charge >= 0.3 is 0 Å². The van der Waals surface area contributed by atoms with E-state index in [0.29, 0.717) is 12.0 Å². The van der Waals surface area contributed by atoms with Crippen molar-refractivity contribution in [2.45, 2.75) is 70.5 Å². The van der Waals surface area contributed by atoms with Gasteiger partial charge in [-0.3, -0.25) is 4.79 Å². The third-order valence-electron chi connectivity index (χ3n) is 7.63. The molecule has 3 N–H and O–H groups in total. The molecular weight excluding hydrogens is 460 g/mol. The predicted molar refractivity (Wildman–Crippen MR) is 152 cm³/mol. The zero-order chi connectivity index (χ0) is 25.8. The summed E-state index contributed by atoms with van der Waals surface area (Å²) in [5.41, 5.74) is 3.25. The van der Waals surface area contributed by atoms with E-state index >= 15 is 0 Å². The monoisotopic (exact) mass is 500 g/mol. The molecule has 2 fully saturated rings. The lowest BCUT2D eigenvalue weighted by atomic mass is 9.90. The van der Waals surface area contributed by atoms with Gasteiger partial charge in [-0.15, -0.1) is 0 Å². The number of nitrogens with one attached hydrogen (secondary N) is 3. The van der Waals surface area contributed by atoms with E-state index in [-0.39, 0.29) is 23.9 Å². The number of piperidine rings is 1. The summed E-state index contributed by atoms with van der Waals surface area (Å²) in [6.45, 7) is 6.17. The molecule has 1 saturated heterocycles. The molecule has 0 radical (unpaired) electrons. The van der Waals surface area contributed by atoms with Gasteiger partial charge < -0.3 is 20.9 Å². The summed E-state index contributed by atoms with van der Waals surface area (Å²) in [7, 11) is 2.11. The molecule has 1 amide bonds. The summed E-state index contributed by atoms with van der Waals surface area (Å²) in [6, 6.07) is 17.7. The number of aromatic nitrogens is 2. The van der Waals surface area contributed by atoms with Crippen molar-refractivity contribution in [1.29, 1.82) is 0 Å². The molecule has 5 rings (SSSR count). The number of carbonyl (C=O) groups excluding carboxylic acids is 1. The van der Waals surface area contributed by atoms with Crippen molar-refractivity contribution in [2.24, 2.45) is 5.92 Å². The first-order chi connectivity index (χ1) is 17.9. The molecule has 37 heavy (non-hydrogen) atoms. The second-order valence-corrected chi connectivity index (χ2v) is 11.1. The van der Waals surface area contributed by atoms with Gasteiger partial charge in [-0.05, 0) is 89.2 Å². The minimum atomic E-state index is 0.134. The molecule has 7 nitrogen and oxygen atoms in total. The van der Waals surface area contributed by atoms with Crippen molar-refractivity contribution < 1.29 is 4.79 Å². The number of carbonyl (C=O) groups is 1. The van der Waals surface area contributed by atoms with E-state index in [4.69, 9.17) is 9.97 Å². The first-order valence-electron chi connectivity index (χ1n) is 13.8. The van der Waals surface area contributed by atoms with Crippen LogP contribution >= 0.6 is 0 Å². The maximum Gasteiger partial charge on any atom is 0.225 e. The molecule has 7 heteroatoms. The number of fused-ring (bicyclic) bond motifs is 1. The van der Waals surface area contributed by atoms with Crippen LogP contribution in [0.1, 0.15) is 52.4 Å². The fourth-order valence-electron chi connectivity index (χ4n) is 5.65. The van der Waals surface area contributed by atoms with Crippen LogP contribution in [-0.4, -0.2) is 59.0 Å². The second kappa shape index (κ2) is 11.5. The minimum Gasteiger partial charge on any atom is -0.367 e. The number of amides is 1. The summed E-state index contributed by atoms with van der Waals surface area (Å²) in [5.74, 6) is 1.90. The van der Waals surface area contributed by atoms with E-state index in [1.54, 1.807) is 0 Å². The van der Waals surface area contributed by atoms with Gasteiger partial charge in [0, 0.05) is 30.1 Å². The normalized spacial score (nSPS) is 22.6. The standard InChI is InChI=1S/C30H40N6O/c1-20(2)31-30-34-27-18-22(21-8-5-4-6-9-21)11-16-26(27)28(35-30)32-24-12-14-25(15-13-24)33-29(37)23-10-7-17-36(3)19-23/h4-6,8-9,11,16,18,20,23-25H,7,10,12-15,17,19H2,1-3H3,(H,33,37)(H2,31,32,34,35). The van der Waals surface area contributed by atoms with Gasteiger partial charge in [-0.1, -0.05) is 36.4 Å². The van der Waals surface area contributed by atoms with E-state index in [9.17, 15) is 4.79 Å². The number of hydrogen-bond donors (Lipinski definition) is 3. The van der Waals surface area contributed by atoms with Gasteiger partial charge in [0.15, 0.2) is 0 Å². The lowest BCUT2D eigenvalue weighted by molar-refractivity contribution is -0.127. The van der Waals surface area contributed by atoms with E-state index in [0.717, 1.165) is 73.9 Å². The van der Waals surface area contributed by atoms with E-state index in [1.165, 1.54) is 5.56 Å². The summed E-state index contributed by atoms with van der Waals surface area (Å²) in [4.78, 5) is 24.8. The van der Waals surface area contributed by atoms with E-state index in [1.807, 2.05) is 6.07 Å². The highest BCUT2D eigenvalue weighted by molar-refractivity contribution is 5.93. The highest BCUT2D eigenvalue weighted by Crippen LogP contribution is 2.30. The van der Waals surface area contributed by atoms with Crippen molar-refractivity contribution in [3.63, 3.8) is 0 Å². The van der Waals surface area contributed by atoms with Crippen LogP contribution in [0.5, 0.6) is 0 Å². The average Bonchev–Trinajstić information content (AvgIpc) is 2.89. The third-order valence-corrected chi connectivity index (χ3v) is 7.63. The fourth-order valence-corrected chi connectivity index (χ4v) is 5.65. The summed E-state index contributed by atoms with van der Waals surface area (Å²) < 4.78 is 0. The Labute approximate surface area is 220 Å². The second-order valence-electron chi connectivity index (χ2n) is 11.1. The maximum atomic E-state index is 12.8. The van der Waals surface area contributed by atoms with Gasteiger partial charge in [-0.25, -0.2) is 4.98 Å². The Balaban J connectivity index is 1.27. The molecule has 0 spiro atoms. The van der Waals surface area contributed by atoms with Crippen LogP contribution in [0, 0.1) is 5.92 Å². The Morgan fingerprint density at radius 3 is 2.43 bits per heavy atom. The molecule has 3 aromatic rings. The lowest BCUT2D eigenvalue weighted by Gasteiger charge is -2.33. The molecular formula is C30H40N6O. The number of anilines is 2. The zero-order valence-electron chi connectivity index (χ0n) is 22.3. The van der Waals surface area contributed by atoms with Crippen molar-refractivity contribution in [3.8, 4) is 11.1 Å². The topological polar surface area (TPSA) is 82.2 Å². The van der Waals surface area contributed by atoms with Crippen LogP contribution in [-0.2, 0) is 4.79 Å². The number of benzene rings is 2. The van der Waals surface area contributed by atoms with E-state index < -0.39 is 0 Å². The molecule has 196 valence electrons. The van der Waals surface area contributed by atoms with Crippen LogP contribution in [0.4, 0.5) is 11.8 Å². The first-order valence-corrected chi connectivity index (χ1v) is 13.8. The average molecular weight is 501 g/mol. The summed E-state index contributed by atoms with van der Waals surface area (Å²) in [6.07, 6.45) is 6.12. The molecule has 1 aliphatic carbocycles. The molecule has 1 aliphatic heterocycles. The Morgan fingerprint density at radius 1 is 0.946 bits per heavy atom. The van der Waals surface area contributed by atoms with Crippen molar-refractivity contribution in [1.82, 2.24) is 20.2 Å². The first kappa shape index (κ1) is 25.5. The Bertz CT molecular complexity index is 1210. The van der Waals surface area contributed by atoms with Gasteiger partial charge in [0.25, 0.3) is 0 Å². The van der Waals surface area contributed by atoms with Gasteiger partial charge in [0.1, 0.15) is 5.82 Å². The van der Waals surface area contributed by atoms with Crippen molar-refractivity contribution in [3.05, 3.63) is 48.5 Å². The molecule has 2 aliphatic rings. The number of likely N-dealkylation sites (tertiary alicyclic amines) is 1. The molecule has 2 heterocycles. The summed E-state index contributed by atoms with van der Waals surface area (Å²) >= 11 is 0. The summed E-state index contributed by atoms with van der Waals surface area (Å²) in [5, 5.41) is 11.5. The Kier molecular flexibility index (Phi) is 7.89. The molecule has 1 aromatic heterocycles. The number of nitrogens with zero attached hydrogens (tertiary/aromatic N) is 3. The van der Waals surface area contributed by atoms with Crippen LogP contribution in [0.3, 0.4) is 0 Å². The van der Waals surface area contributed by atoms with Crippen LogP contribution in [0.25, 0.3) is 22.0 Å². The highest BCUT2D eigenvalue weighted by atomic mass is 16.2. The molecule has 1 atom stereocenters. The highest BCUT2D eigenvalue weighted by Gasteiger charge is 2.28. The van der Waals surface area contributed by atoms with Crippen LogP contribution in [0.15, 0.2) is 48.5 Å². The largest absolute Gasteiger partial charge is 0.367 e. The predicted octanol–water partition coefficient (Wildman–Crippen LogP) is 5.30. The van der Waals surface area contributed by atoms with Crippen LogP contribution in [0.2, 0.25) is 0 Å². The Hall–Kier alpha value is -3.19. The van der Waals surface area contributed by atoms with Gasteiger partial charge in [0.05, 0.1) is 11.4 Å². The zero-order valence-corrected chi connectivity index (χ0v) is 22.3. The van der Waals surface area contributed by atoms with Crippen molar-refractivity contribution in [2.75, 3.05) is 30.8 Å². The molecule has 2 aromatic carbocycles. The van der Waals surface area contributed by atoms with Crippen molar-refractivity contribution >= 4 is 28.6 Å². The molecule has 1 saturated carbocycles. The van der Waals surface area contributed by atoms with Gasteiger partial charge in [0.2, 0.25) is 11.9 Å². The maximum absolute atomic E-state index is 12.8. The molecule has 0 bridgehead atoms. The van der Waals surface area contributed by atoms with E-state index in [2.05, 4.69) is 84.2 Å². The minimum absolute atomic E-state index is 0.134. The third kappa shape index (κ3) is 6.39. The smallest absolute Gasteiger partial charge is 0.225 e.